The Bertz CT molecular complexity index is 819. The lowest BCUT2D eigenvalue weighted by molar-refractivity contribution is -0.126. The van der Waals surface area contributed by atoms with Gasteiger partial charge in [-0.25, -0.2) is 5.43 Å². The maximum Gasteiger partial charge on any atom is 0.249 e. The van der Waals surface area contributed by atoms with Crippen molar-refractivity contribution in [3.05, 3.63) is 48.0 Å². The molecule has 0 bridgehead atoms. The summed E-state index contributed by atoms with van der Waals surface area (Å²) >= 11 is 0. The molecule has 27 heavy (non-hydrogen) atoms. The second-order valence-corrected chi connectivity index (χ2v) is 5.36. The number of nitrogens with one attached hydrogen (secondary N) is 2. The van der Waals surface area contributed by atoms with Gasteiger partial charge in [0.1, 0.15) is 12.2 Å². The van der Waals surface area contributed by atoms with Crippen LogP contribution in [-0.2, 0) is 9.59 Å². The second-order valence-electron chi connectivity index (χ2n) is 5.36. The fourth-order valence-electron chi connectivity index (χ4n) is 2.18. The highest BCUT2D eigenvalue weighted by molar-refractivity contribution is 6.03. The standard InChI is InChI=1S/C19H21N3O5/c1-25-15-7-5-14(6-8-15)21-18(23)11-19(24)22-20-12-13-4-9-16(26-2)17(10-13)27-3/h4-10,12H,11H2,1-3H3,(H,21,23)(H,22,24). The van der Waals surface area contributed by atoms with Gasteiger partial charge in [0, 0.05) is 5.69 Å². The van der Waals surface area contributed by atoms with Crippen LogP contribution in [0.5, 0.6) is 17.2 Å². The number of amides is 2. The SMILES string of the molecule is COc1ccc(NC(=O)CC(=O)NN=Cc2ccc(OC)c(OC)c2)cc1. The van der Waals surface area contributed by atoms with Crippen molar-refractivity contribution >= 4 is 23.7 Å². The average Bonchev–Trinajstić information content (AvgIpc) is 2.68. The first-order chi connectivity index (χ1) is 13.0. The van der Waals surface area contributed by atoms with Crippen molar-refractivity contribution in [1.29, 1.82) is 0 Å². The van der Waals surface area contributed by atoms with Crippen LogP contribution in [0, 0.1) is 0 Å². The van der Waals surface area contributed by atoms with E-state index in [9.17, 15) is 9.59 Å². The van der Waals surface area contributed by atoms with Gasteiger partial charge in [-0.3, -0.25) is 9.59 Å². The van der Waals surface area contributed by atoms with Crippen molar-refractivity contribution in [3.63, 3.8) is 0 Å². The molecule has 0 aliphatic rings. The molecule has 2 aromatic carbocycles. The molecule has 2 N–H and O–H groups in total. The number of anilines is 1. The topological polar surface area (TPSA) is 98.2 Å². The van der Waals surface area contributed by atoms with Crippen molar-refractivity contribution in [2.75, 3.05) is 26.6 Å². The van der Waals surface area contributed by atoms with E-state index >= 15 is 0 Å². The van der Waals surface area contributed by atoms with Crippen molar-refractivity contribution in [2.45, 2.75) is 6.42 Å². The third kappa shape index (κ3) is 6.03. The van der Waals surface area contributed by atoms with Gasteiger partial charge in [0.15, 0.2) is 11.5 Å². The molecular weight excluding hydrogens is 350 g/mol. The first-order valence-electron chi connectivity index (χ1n) is 8.03. The third-order valence-electron chi connectivity index (χ3n) is 3.51. The predicted molar refractivity (Wildman–Crippen MR) is 102 cm³/mol. The highest BCUT2D eigenvalue weighted by Gasteiger charge is 2.09. The van der Waals surface area contributed by atoms with E-state index in [2.05, 4.69) is 15.8 Å². The molecule has 0 unspecified atom stereocenters. The van der Waals surface area contributed by atoms with E-state index in [4.69, 9.17) is 14.2 Å². The Hall–Kier alpha value is -3.55. The predicted octanol–water partition coefficient (Wildman–Crippen LogP) is 2.19. The zero-order valence-corrected chi connectivity index (χ0v) is 15.3. The van der Waals surface area contributed by atoms with Crippen molar-refractivity contribution < 1.29 is 23.8 Å². The number of hydrogen-bond donors (Lipinski definition) is 2. The van der Waals surface area contributed by atoms with Crippen LogP contribution in [0.1, 0.15) is 12.0 Å². The lowest BCUT2D eigenvalue weighted by Crippen LogP contribution is -2.24. The summed E-state index contributed by atoms with van der Waals surface area (Å²) in [5.41, 5.74) is 3.59. The monoisotopic (exact) mass is 371 g/mol. The van der Waals surface area contributed by atoms with E-state index in [1.165, 1.54) is 13.3 Å². The highest BCUT2D eigenvalue weighted by Crippen LogP contribution is 2.26. The summed E-state index contributed by atoms with van der Waals surface area (Å²) in [6.45, 7) is 0. The molecule has 0 aliphatic heterocycles. The van der Waals surface area contributed by atoms with Gasteiger partial charge in [-0.2, -0.15) is 5.10 Å². The Balaban J connectivity index is 1.84. The molecule has 142 valence electrons. The van der Waals surface area contributed by atoms with Crippen molar-refractivity contribution in [1.82, 2.24) is 5.43 Å². The van der Waals surface area contributed by atoms with Gasteiger partial charge in [-0.15, -0.1) is 0 Å². The van der Waals surface area contributed by atoms with E-state index in [0.717, 1.165) is 0 Å². The number of carbonyl (C=O) groups excluding carboxylic acids is 2. The van der Waals surface area contributed by atoms with Gasteiger partial charge in [-0.05, 0) is 48.0 Å². The number of nitrogens with zero attached hydrogens (tertiary/aromatic N) is 1. The fraction of sp³-hybridized carbons (Fsp3) is 0.211. The fourth-order valence-corrected chi connectivity index (χ4v) is 2.18. The van der Waals surface area contributed by atoms with Crippen LogP contribution in [0.4, 0.5) is 5.69 Å². The number of methoxy groups -OCH3 is 3. The van der Waals surface area contributed by atoms with Gasteiger partial charge < -0.3 is 19.5 Å². The van der Waals surface area contributed by atoms with Crippen LogP contribution in [0.15, 0.2) is 47.6 Å². The minimum atomic E-state index is -0.530. The van der Waals surface area contributed by atoms with Gasteiger partial charge in [0.25, 0.3) is 0 Å². The van der Waals surface area contributed by atoms with Crippen LogP contribution in [0.2, 0.25) is 0 Å². The molecule has 8 heteroatoms. The van der Waals surface area contributed by atoms with Gasteiger partial charge >= 0.3 is 0 Å². The Morgan fingerprint density at radius 3 is 2.26 bits per heavy atom. The number of rotatable bonds is 8. The smallest absolute Gasteiger partial charge is 0.249 e. The summed E-state index contributed by atoms with van der Waals surface area (Å²) in [7, 11) is 4.63. The molecular formula is C19H21N3O5. The molecule has 0 saturated carbocycles. The molecule has 0 aliphatic carbocycles. The van der Waals surface area contributed by atoms with Crippen LogP contribution in [0.25, 0.3) is 0 Å². The largest absolute Gasteiger partial charge is 0.497 e. The van der Waals surface area contributed by atoms with E-state index in [1.807, 2.05) is 0 Å². The number of hydrazone groups is 1. The molecule has 2 rings (SSSR count). The Labute approximate surface area is 157 Å². The molecule has 0 fully saturated rings. The molecule has 8 nitrogen and oxygen atoms in total. The zero-order chi connectivity index (χ0) is 19.6. The summed E-state index contributed by atoms with van der Waals surface area (Å²) < 4.78 is 15.4. The van der Waals surface area contributed by atoms with Crippen LogP contribution < -0.4 is 25.0 Å². The molecule has 0 saturated heterocycles. The molecule has 2 aromatic rings. The molecule has 0 aromatic heterocycles. The van der Waals surface area contributed by atoms with E-state index in [0.29, 0.717) is 28.5 Å². The van der Waals surface area contributed by atoms with E-state index in [1.54, 1.807) is 56.7 Å². The van der Waals surface area contributed by atoms with Crippen LogP contribution >= 0.6 is 0 Å². The van der Waals surface area contributed by atoms with Crippen molar-refractivity contribution in [2.24, 2.45) is 5.10 Å². The summed E-state index contributed by atoms with van der Waals surface area (Å²) in [4.78, 5) is 23.7. The quantitative estimate of drug-likeness (QED) is 0.421. The lowest BCUT2D eigenvalue weighted by atomic mass is 10.2. The molecule has 0 heterocycles. The first kappa shape index (κ1) is 19.8. The minimum absolute atomic E-state index is 0.352. The third-order valence-corrected chi connectivity index (χ3v) is 3.51. The second kappa shape index (κ2) is 9.81. The molecule has 2 amide bonds. The Morgan fingerprint density at radius 2 is 1.63 bits per heavy atom. The number of hydrogen-bond acceptors (Lipinski definition) is 6. The normalized spacial score (nSPS) is 10.3. The van der Waals surface area contributed by atoms with Gasteiger partial charge in [0.05, 0.1) is 27.5 Å². The summed E-state index contributed by atoms with van der Waals surface area (Å²) in [6.07, 6.45) is 1.09. The maximum absolute atomic E-state index is 11.9. The van der Waals surface area contributed by atoms with E-state index in [-0.39, 0.29) is 6.42 Å². The Kier molecular flexibility index (Phi) is 7.18. The summed E-state index contributed by atoms with van der Waals surface area (Å²) in [6, 6.07) is 12.0. The van der Waals surface area contributed by atoms with Crippen molar-refractivity contribution in [3.8, 4) is 17.2 Å². The summed E-state index contributed by atoms with van der Waals surface area (Å²) in [5, 5.41) is 6.46. The highest BCUT2D eigenvalue weighted by atomic mass is 16.5. The minimum Gasteiger partial charge on any atom is -0.497 e. The number of benzene rings is 2. The van der Waals surface area contributed by atoms with E-state index < -0.39 is 11.8 Å². The summed E-state index contributed by atoms with van der Waals surface area (Å²) in [5.74, 6) is 0.840. The number of carbonyl (C=O) groups is 2. The lowest BCUT2D eigenvalue weighted by Gasteiger charge is -2.07. The molecule has 0 radical (unpaired) electrons. The van der Waals surface area contributed by atoms with Gasteiger partial charge in [0.2, 0.25) is 11.8 Å². The first-order valence-corrected chi connectivity index (χ1v) is 8.03. The maximum atomic E-state index is 11.9. The Morgan fingerprint density at radius 1 is 0.926 bits per heavy atom. The zero-order valence-electron chi connectivity index (χ0n) is 15.3. The molecule has 0 atom stereocenters. The average molecular weight is 371 g/mol. The molecule has 0 spiro atoms. The van der Waals surface area contributed by atoms with Crippen LogP contribution in [-0.4, -0.2) is 39.4 Å². The van der Waals surface area contributed by atoms with Gasteiger partial charge in [-0.1, -0.05) is 0 Å². The van der Waals surface area contributed by atoms with Crippen LogP contribution in [0.3, 0.4) is 0 Å². The number of ether oxygens (including phenoxy) is 3.